The second-order valence-electron chi connectivity index (χ2n) is 34.5. The Balaban J connectivity index is 0.000000133. The third-order valence-corrected chi connectivity index (χ3v) is 27.7. The predicted octanol–water partition coefficient (Wildman–Crippen LogP) is 34.0. The lowest BCUT2D eigenvalue weighted by molar-refractivity contribution is 1.18. The Morgan fingerprint density at radius 3 is 0.891 bits per heavy atom. The van der Waals surface area contributed by atoms with E-state index >= 15 is 0 Å². The van der Waals surface area contributed by atoms with Crippen LogP contribution in [-0.2, 0) is 0 Å². The predicted molar refractivity (Wildman–Crippen MR) is 547 cm³/mol. The average Bonchev–Trinajstić information content (AvgIpc) is 0.978. The highest BCUT2D eigenvalue weighted by atomic mass is 15.0. The molecule has 28 aromatic rings. The van der Waals surface area contributed by atoms with Gasteiger partial charge in [-0.1, -0.05) is 328 Å². The van der Waals surface area contributed by atoms with Crippen LogP contribution in [-0.4, -0.2) is 18.3 Å². The summed E-state index contributed by atoms with van der Waals surface area (Å²) in [6.07, 6.45) is 0. The smallest absolute Gasteiger partial charge is 0.0541 e. The van der Waals surface area contributed by atoms with Crippen molar-refractivity contribution in [3.63, 3.8) is 0 Å². The van der Waals surface area contributed by atoms with Gasteiger partial charge < -0.3 is 18.3 Å². The molecule has 0 aliphatic carbocycles. The normalized spacial score (nSPS) is 12.1. The zero-order valence-corrected chi connectivity index (χ0v) is 69.7. The molecule has 0 bridgehead atoms. The Labute approximate surface area is 736 Å². The van der Waals surface area contributed by atoms with Crippen LogP contribution in [0.25, 0.3) is 262 Å². The van der Waals surface area contributed by atoms with E-state index in [-0.39, 0.29) is 0 Å². The van der Waals surface area contributed by atoms with E-state index in [9.17, 15) is 0 Å². The van der Waals surface area contributed by atoms with Gasteiger partial charge in [0.15, 0.2) is 0 Å². The van der Waals surface area contributed by atoms with Crippen molar-refractivity contribution < 1.29 is 0 Å². The summed E-state index contributed by atoms with van der Waals surface area (Å²) in [7, 11) is 0. The van der Waals surface area contributed by atoms with Gasteiger partial charge in [0.05, 0.1) is 44.1 Å². The van der Waals surface area contributed by atoms with Gasteiger partial charge in [0.2, 0.25) is 0 Å². The monoisotopic (exact) mass is 1620 g/mol. The first-order valence-corrected chi connectivity index (χ1v) is 44.3. The largest absolute Gasteiger partial charge is 0.309 e. The maximum atomic E-state index is 2.46. The molecule has 0 saturated carbocycles. The van der Waals surface area contributed by atoms with Gasteiger partial charge in [-0.25, -0.2) is 0 Å². The molecule has 4 nitrogen and oxygen atoms in total. The van der Waals surface area contributed by atoms with Crippen molar-refractivity contribution in [1.29, 1.82) is 0 Å². The SMILES string of the molecule is c1cc(-c2cc3c4ccccc4ccc3c3ccccc23)cc(-n2c3ccccc3c3cc(-c4ccc5c(c4)c4ccccc4n5-c4ccc5ccccc5c4)ccc32)c1.c1ccc2cc(-n3c4ccccc4c4cc(-c5ccc6c(c5)c5ccccc5n6-c5ccc(-c6cc7c8ccccc8c8ccccc8c7c7c6ccc6ccccc67)cc5)ccc43)ccc2c1. The molecule has 592 valence electrons. The van der Waals surface area contributed by atoms with E-state index in [4.69, 9.17) is 0 Å². The van der Waals surface area contributed by atoms with Gasteiger partial charge in [0.1, 0.15) is 0 Å². The molecule has 24 aromatic carbocycles. The summed E-state index contributed by atoms with van der Waals surface area (Å²) in [6.45, 7) is 0. The maximum Gasteiger partial charge on any atom is 0.0541 e. The summed E-state index contributed by atoms with van der Waals surface area (Å²) in [5.74, 6) is 0. The average molecular weight is 1620 g/mol. The first-order valence-electron chi connectivity index (χ1n) is 44.3. The van der Waals surface area contributed by atoms with Crippen molar-refractivity contribution in [2.24, 2.45) is 0 Å². The molecule has 0 atom stereocenters. The molecular weight excluding hydrogens is 1550 g/mol. The molecule has 0 saturated heterocycles. The molecule has 0 spiro atoms. The van der Waals surface area contributed by atoms with Gasteiger partial charge in [0, 0.05) is 65.8 Å². The van der Waals surface area contributed by atoms with Crippen LogP contribution in [0.4, 0.5) is 0 Å². The highest BCUT2D eigenvalue weighted by Crippen LogP contribution is 2.49. The Morgan fingerprint density at radius 2 is 0.406 bits per heavy atom. The summed E-state index contributed by atoms with van der Waals surface area (Å²) in [4.78, 5) is 0. The van der Waals surface area contributed by atoms with Crippen molar-refractivity contribution in [3.05, 3.63) is 461 Å². The summed E-state index contributed by atoms with van der Waals surface area (Å²) in [5.41, 5.74) is 24.0. The van der Waals surface area contributed by atoms with Gasteiger partial charge in [-0.05, 0) is 286 Å². The molecule has 28 rings (SSSR count). The van der Waals surface area contributed by atoms with Crippen LogP contribution in [0.3, 0.4) is 0 Å². The first kappa shape index (κ1) is 71.6. The van der Waals surface area contributed by atoms with Crippen molar-refractivity contribution >= 4 is 195 Å². The van der Waals surface area contributed by atoms with Crippen molar-refractivity contribution in [2.75, 3.05) is 0 Å². The molecule has 0 N–H and O–H groups in total. The molecular formula is C124H76N4. The van der Waals surface area contributed by atoms with Crippen LogP contribution >= 0.6 is 0 Å². The van der Waals surface area contributed by atoms with Crippen LogP contribution in [0.2, 0.25) is 0 Å². The van der Waals surface area contributed by atoms with E-state index < -0.39 is 0 Å². The fraction of sp³-hybridized carbons (Fsp3) is 0. The number of rotatable bonds is 8. The number of fused-ring (bicyclic) bond motifs is 29. The lowest BCUT2D eigenvalue weighted by atomic mass is 9.85. The standard InChI is InChI=1S/C66H40N2.C58H36N2/c1-2-15-44-37-48(33-25-41(44)13-1)68-62-24-12-10-21-54(62)59-39-46(30-36-64(59)68)45-29-35-63-58(38-45)53-20-9-11-23-61(53)67(63)47-31-26-43(27-32-47)57-40-60-52-19-6-5-17-50(52)51-18-7-8-22-55(51)66(60)65-49-16-4-3-14-42(49)28-34-56(57)65;1-2-14-39-32-44(28-24-37(39)12-1)60-56-23-10-8-21-50(56)54-35-41(27-31-58(54)60)40-26-30-57-53(34-40)49-20-7-9-22-55(49)59(57)43-16-11-15-42(33-43)51-36-52-45-17-4-3-13-38(45)25-29-48(52)46-18-5-6-19-47(46)51/h1-40H;1-36H. The van der Waals surface area contributed by atoms with E-state index in [0.29, 0.717) is 0 Å². The van der Waals surface area contributed by atoms with Gasteiger partial charge >= 0.3 is 0 Å². The zero-order valence-electron chi connectivity index (χ0n) is 69.7. The van der Waals surface area contributed by atoms with E-state index in [0.717, 1.165) is 11.4 Å². The number of benzene rings is 24. The van der Waals surface area contributed by atoms with Crippen LogP contribution < -0.4 is 0 Å². The molecule has 4 heterocycles. The van der Waals surface area contributed by atoms with E-state index in [1.54, 1.807) is 0 Å². The molecule has 0 fully saturated rings. The number of aromatic nitrogens is 4. The Hall–Kier alpha value is -16.9. The highest BCUT2D eigenvalue weighted by Gasteiger charge is 2.24. The van der Waals surface area contributed by atoms with Gasteiger partial charge in [-0.2, -0.15) is 0 Å². The van der Waals surface area contributed by atoms with E-state index in [2.05, 4.69) is 479 Å². The van der Waals surface area contributed by atoms with E-state index in [1.165, 1.54) is 251 Å². The lowest BCUT2D eigenvalue weighted by Crippen LogP contribution is -1.95. The van der Waals surface area contributed by atoms with Gasteiger partial charge in [-0.15, -0.1) is 0 Å². The first-order chi connectivity index (χ1) is 63.5. The fourth-order valence-electron chi connectivity index (χ4n) is 21.9. The quantitative estimate of drug-likeness (QED) is 0.135. The maximum absolute atomic E-state index is 2.46. The van der Waals surface area contributed by atoms with Crippen molar-refractivity contribution in [2.45, 2.75) is 0 Å². The molecule has 0 aliphatic rings. The summed E-state index contributed by atoms with van der Waals surface area (Å²) in [6, 6.07) is 171. The molecule has 4 aromatic heterocycles. The fourth-order valence-corrected chi connectivity index (χ4v) is 21.9. The number of nitrogens with zero attached hydrogens (tertiary/aromatic N) is 4. The zero-order chi connectivity index (χ0) is 83.8. The molecule has 0 radical (unpaired) electrons. The molecule has 0 aliphatic heterocycles. The molecule has 4 heteroatoms. The topological polar surface area (TPSA) is 19.7 Å². The minimum Gasteiger partial charge on any atom is -0.309 e. The minimum absolute atomic E-state index is 1.14. The van der Waals surface area contributed by atoms with E-state index in [1.807, 2.05) is 0 Å². The summed E-state index contributed by atoms with van der Waals surface area (Å²) in [5, 5.41) is 35.5. The van der Waals surface area contributed by atoms with Crippen LogP contribution in [0.15, 0.2) is 461 Å². The number of para-hydroxylation sites is 4. The highest BCUT2D eigenvalue weighted by molar-refractivity contribution is 6.37. The molecule has 0 unspecified atom stereocenters. The Kier molecular flexibility index (Phi) is 15.8. The van der Waals surface area contributed by atoms with Gasteiger partial charge in [-0.3, -0.25) is 0 Å². The second-order valence-corrected chi connectivity index (χ2v) is 34.5. The molecule has 128 heavy (non-hydrogen) atoms. The lowest BCUT2D eigenvalue weighted by Gasteiger charge is -2.18. The molecule has 0 amide bonds. The number of hydrogen-bond donors (Lipinski definition) is 0. The second kappa shape index (κ2) is 28.3. The van der Waals surface area contributed by atoms with Crippen molar-refractivity contribution in [3.8, 4) is 67.3 Å². The van der Waals surface area contributed by atoms with Crippen molar-refractivity contribution in [1.82, 2.24) is 18.3 Å². The number of hydrogen-bond acceptors (Lipinski definition) is 0. The third-order valence-electron chi connectivity index (χ3n) is 27.7. The third kappa shape index (κ3) is 11.0. The summed E-state index contributed by atoms with van der Waals surface area (Å²) >= 11 is 0. The minimum atomic E-state index is 1.14. The summed E-state index contributed by atoms with van der Waals surface area (Å²) < 4.78 is 9.70. The Bertz CT molecular complexity index is 9600. The van der Waals surface area contributed by atoms with Crippen LogP contribution in [0.5, 0.6) is 0 Å². The van der Waals surface area contributed by atoms with Crippen LogP contribution in [0.1, 0.15) is 0 Å². The van der Waals surface area contributed by atoms with Gasteiger partial charge in [0.25, 0.3) is 0 Å². The van der Waals surface area contributed by atoms with Crippen LogP contribution in [0, 0.1) is 0 Å². The Morgan fingerprint density at radius 1 is 0.109 bits per heavy atom.